The lowest BCUT2D eigenvalue weighted by molar-refractivity contribution is -0.140. The Kier molecular flexibility index (Phi) is 3.48. The van der Waals surface area contributed by atoms with Gasteiger partial charge in [-0.3, -0.25) is 14.5 Å². The van der Waals surface area contributed by atoms with Crippen molar-refractivity contribution in [2.24, 2.45) is 17.6 Å². The molecule has 1 aliphatic heterocycles. The van der Waals surface area contributed by atoms with Gasteiger partial charge in [0.05, 0.1) is 0 Å². The summed E-state index contributed by atoms with van der Waals surface area (Å²) in [7, 11) is 0. The summed E-state index contributed by atoms with van der Waals surface area (Å²) < 4.78 is 0. The summed E-state index contributed by atoms with van der Waals surface area (Å²) in [5.74, 6) is -0.696. The van der Waals surface area contributed by atoms with E-state index in [-0.39, 0.29) is 36.2 Å². The van der Waals surface area contributed by atoms with Crippen molar-refractivity contribution in [2.75, 3.05) is 6.54 Å². The molecule has 3 atom stereocenters. The molecule has 1 heterocycles. The van der Waals surface area contributed by atoms with Crippen LogP contribution in [0.2, 0.25) is 0 Å². The van der Waals surface area contributed by atoms with Gasteiger partial charge in [-0.15, -0.1) is 0 Å². The topological polar surface area (TPSA) is 63.4 Å². The van der Waals surface area contributed by atoms with Crippen LogP contribution in [0, 0.1) is 11.8 Å². The predicted octanol–water partition coefficient (Wildman–Crippen LogP) is 1.33. The first-order valence-corrected chi connectivity index (χ1v) is 6.18. The third-order valence-electron chi connectivity index (χ3n) is 3.67. The summed E-state index contributed by atoms with van der Waals surface area (Å²) in [6.45, 7) is 3.84. The highest BCUT2D eigenvalue weighted by molar-refractivity contribution is 6.04. The van der Waals surface area contributed by atoms with Gasteiger partial charge in [0.15, 0.2) is 0 Å². The maximum Gasteiger partial charge on any atom is 0.232 e. The molecule has 2 amide bonds. The van der Waals surface area contributed by atoms with Crippen LogP contribution in [-0.2, 0) is 9.59 Å². The number of amides is 2. The number of likely N-dealkylation sites (tertiary alicyclic amines) is 1. The molecule has 1 aliphatic rings. The van der Waals surface area contributed by atoms with E-state index in [9.17, 15) is 9.59 Å². The Balaban J connectivity index is 2.11. The molecule has 3 unspecified atom stereocenters. The molecule has 96 valence electrons. The molecule has 18 heavy (non-hydrogen) atoms. The second-order valence-corrected chi connectivity index (χ2v) is 4.88. The maximum absolute atomic E-state index is 11.9. The molecule has 0 bridgehead atoms. The normalized spacial score (nSPS) is 25.6. The molecule has 0 spiro atoms. The summed E-state index contributed by atoms with van der Waals surface area (Å²) in [5.41, 5.74) is 6.98. The lowest BCUT2D eigenvalue weighted by atomic mass is 10.00. The van der Waals surface area contributed by atoms with E-state index in [2.05, 4.69) is 0 Å². The minimum absolute atomic E-state index is 0.112. The molecule has 1 aromatic rings. The Morgan fingerprint density at radius 2 is 1.61 bits per heavy atom. The fourth-order valence-corrected chi connectivity index (χ4v) is 2.21. The fourth-order valence-electron chi connectivity index (χ4n) is 2.21. The SMILES string of the molecule is CC1C(=O)N(CC(N)c2ccccc2)C(=O)C1C. The van der Waals surface area contributed by atoms with Gasteiger partial charge in [0.1, 0.15) is 0 Å². The van der Waals surface area contributed by atoms with Crippen LogP contribution in [0.3, 0.4) is 0 Å². The highest BCUT2D eigenvalue weighted by atomic mass is 16.2. The van der Waals surface area contributed by atoms with Crippen LogP contribution in [0.25, 0.3) is 0 Å². The van der Waals surface area contributed by atoms with Crippen molar-refractivity contribution < 1.29 is 9.59 Å². The molecule has 1 fully saturated rings. The van der Waals surface area contributed by atoms with Crippen molar-refractivity contribution in [3.05, 3.63) is 35.9 Å². The first-order chi connectivity index (χ1) is 8.52. The van der Waals surface area contributed by atoms with Crippen LogP contribution in [-0.4, -0.2) is 23.3 Å². The van der Waals surface area contributed by atoms with Gasteiger partial charge in [0, 0.05) is 24.4 Å². The number of carbonyl (C=O) groups is 2. The molecule has 2 N–H and O–H groups in total. The van der Waals surface area contributed by atoms with Crippen molar-refractivity contribution in [1.82, 2.24) is 4.90 Å². The number of benzene rings is 1. The molecule has 2 rings (SSSR count). The van der Waals surface area contributed by atoms with E-state index in [4.69, 9.17) is 5.73 Å². The Morgan fingerprint density at radius 3 is 2.11 bits per heavy atom. The van der Waals surface area contributed by atoms with Crippen molar-refractivity contribution >= 4 is 11.8 Å². The molecule has 0 aliphatic carbocycles. The average Bonchev–Trinajstić information content (AvgIpc) is 2.57. The van der Waals surface area contributed by atoms with Crippen LogP contribution in [0.5, 0.6) is 0 Å². The number of hydrogen-bond donors (Lipinski definition) is 1. The number of nitrogens with two attached hydrogens (primary N) is 1. The van der Waals surface area contributed by atoms with Gasteiger partial charge >= 0.3 is 0 Å². The molecule has 1 saturated heterocycles. The summed E-state index contributed by atoms with van der Waals surface area (Å²) >= 11 is 0. The van der Waals surface area contributed by atoms with Crippen molar-refractivity contribution in [3.8, 4) is 0 Å². The molecule has 4 heteroatoms. The fraction of sp³-hybridized carbons (Fsp3) is 0.429. The molecule has 0 radical (unpaired) electrons. The molecule has 1 aromatic carbocycles. The van der Waals surface area contributed by atoms with E-state index in [1.807, 2.05) is 30.3 Å². The van der Waals surface area contributed by atoms with E-state index in [1.54, 1.807) is 13.8 Å². The molecule has 4 nitrogen and oxygen atoms in total. The van der Waals surface area contributed by atoms with Gasteiger partial charge in [-0.2, -0.15) is 0 Å². The molecular formula is C14H18N2O2. The third kappa shape index (κ3) is 2.16. The van der Waals surface area contributed by atoms with E-state index in [0.29, 0.717) is 0 Å². The Labute approximate surface area is 107 Å². The minimum Gasteiger partial charge on any atom is -0.322 e. The zero-order valence-electron chi connectivity index (χ0n) is 10.7. The Bertz CT molecular complexity index is 438. The second-order valence-electron chi connectivity index (χ2n) is 4.88. The van der Waals surface area contributed by atoms with E-state index < -0.39 is 0 Å². The van der Waals surface area contributed by atoms with Gasteiger partial charge in [0.2, 0.25) is 11.8 Å². The third-order valence-corrected chi connectivity index (χ3v) is 3.67. The number of nitrogens with zero attached hydrogens (tertiary/aromatic N) is 1. The zero-order chi connectivity index (χ0) is 13.3. The quantitative estimate of drug-likeness (QED) is 0.818. The van der Waals surface area contributed by atoms with Crippen molar-refractivity contribution in [1.29, 1.82) is 0 Å². The first kappa shape index (κ1) is 12.8. The highest BCUT2D eigenvalue weighted by Crippen LogP contribution is 2.26. The van der Waals surface area contributed by atoms with E-state index in [1.165, 1.54) is 4.90 Å². The standard InChI is InChI=1S/C14H18N2O2/c1-9-10(2)14(18)16(13(9)17)8-12(15)11-6-4-3-5-7-11/h3-7,9-10,12H,8,15H2,1-2H3. The maximum atomic E-state index is 11.9. The lowest BCUT2D eigenvalue weighted by Gasteiger charge is -2.20. The van der Waals surface area contributed by atoms with E-state index in [0.717, 1.165) is 5.56 Å². The Hall–Kier alpha value is -1.68. The second kappa shape index (κ2) is 4.90. The van der Waals surface area contributed by atoms with Crippen LogP contribution in [0.1, 0.15) is 25.5 Å². The van der Waals surface area contributed by atoms with Crippen molar-refractivity contribution in [3.63, 3.8) is 0 Å². The van der Waals surface area contributed by atoms with Gasteiger partial charge in [-0.1, -0.05) is 44.2 Å². The van der Waals surface area contributed by atoms with Gasteiger partial charge in [-0.25, -0.2) is 0 Å². The van der Waals surface area contributed by atoms with Crippen LogP contribution < -0.4 is 5.73 Å². The minimum atomic E-state index is -0.323. The highest BCUT2D eigenvalue weighted by Gasteiger charge is 2.42. The summed E-state index contributed by atoms with van der Waals surface area (Å²) in [6, 6.07) is 9.19. The summed E-state index contributed by atoms with van der Waals surface area (Å²) in [6.07, 6.45) is 0. The molecule has 0 saturated carbocycles. The van der Waals surface area contributed by atoms with Crippen LogP contribution >= 0.6 is 0 Å². The summed E-state index contributed by atoms with van der Waals surface area (Å²) in [4.78, 5) is 25.2. The number of hydrogen-bond acceptors (Lipinski definition) is 3. The lowest BCUT2D eigenvalue weighted by Crippen LogP contribution is -2.37. The first-order valence-electron chi connectivity index (χ1n) is 6.18. The predicted molar refractivity (Wildman–Crippen MR) is 68.4 cm³/mol. The number of rotatable bonds is 3. The van der Waals surface area contributed by atoms with Crippen molar-refractivity contribution in [2.45, 2.75) is 19.9 Å². The summed E-state index contributed by atoms with van der Waals surface area (Å²) in [5, 5.41) is 0. The largest absolute Gasteiger partial charge is 0.322 e. The van der Waals surface area contributed by atoms with E-state index >= 15 is 0 Å². The van der Waals surface area contributed by atoms with Crippen LogP contribution in [0.15, 0.2) is 30.3 Å². The monoisotopic (exact) mass is 246 g/mol. The molecular weight excluding hydrogens is 228 g/mol. The number of carbonyl (C=O) groups excluding carboxylic acids is 2. The number of imide groups is 1. The Morgan fingerprint density at radius 1 is 1.11 bits per heavy atom. The average molecular weight is 246 g/mol. The van der Waals surface area contributed by atoms with Gasteiger partial charge in [0.25, 0.3) is 0 Å². The van der Waals surface area contributed by atoms with Crippen LogP contribution in [0.4, 0.5) is 0 Å². The van der Waals surface area contributed by atoms with Gasteiger partial charge < -0.3 is 5.73 Å². The smallest absolute Gasteiger partial charge is 0.232 e. The van der Waals surface area contributed by atoms with Gasteiger partial charge in [-0.05, 0) is 5.56 Å². The zero-order valence-corrected chi connectivity index (χ0v) is 10.7. The molecule has 0 aromatic heterocycles.